The van der Waals surface area contributed by atoms with Crippen LogP contribution < -0.4 is 11.0 Å². The van der Waals surface area contributed by atoms with Gasteiger partial charge in [0.15, 0.2) is 5.76 Å². The number of nitrogens with one attached hydrogen (secondary N) is 1. The quantitative estimate of drug-likeness (QED) is 0.605. The van der Waals surface area contributed by atoms with Crippen molar-refractivity contribution in [1.82, 2.24) is 9.66 Å². The lowest BCUT2D eigenvalue weighted by Crippen LogP contribution is -2.32. The standard InChI is InChI=1S/C15H8ClN3O3S/c16-9-1-2-11-8(5-9)6-12(22-11)13(20)18-19-7-17-14-10(15(19)21)3-4-23-14/h1-7H,(H,18,20). The van der Waals surface area contributed by atoms with Crippen molar-refractivity contribution in [3.05, 3.63) is 63.2 Å². The van der Waals surface area contributed by atoms with Crippen LogP contribution in [-0.2, 0) is 0 Å². The molecule has 6 nitrogen and oxygen atoms in total. The minimum Gasteiger partial charge on any atom is -0.451 e. The maximum absolute atomic E-state index is 12.3. The number of hydrogen-bond donors (Lipinski definition) is 1. The zero-order valence-corrected chi connectivity index (χ0v) is 13.0. The van der Waals surface area contributed by atoms with Gasteiger partial charge in [0.05, 0.1) is 5.39 Å². The Labute approximate surface area is 137 Å². The summed E-state index contributed by atoms with van der Waals surface area (Å²) in [5, 5.41) is 3.48. The highest BCUT2D eigenvalue weighted by Gasteiger charge is 2.14. The lowest BCUT2D eigenvalue weighted by atomic mass is 10.2. The summed E-state index contributed by atoms with van der Waals surface area (Å²) < 4.78 is 6.50. The molecule has 0 radical (unpaired) electrons. The SMILES string of the molecule is O=C(Nn1cnc2sccc2c1=O)c1cc2cc(Cl)ccc2o1. The van der Waals surface area contributed by atoms with E-state index in [9.17, 15) is 9.59 Å². The van der Waals surface area contributed by atoms with Gasteiger partial charge in [-0.1, -0.05) is 11.6 Å². The largest absolute Gasteiger partial charge is 0.451 e. The van der Waals surface area contributed by atoms with Crippen LogP contribution in [-0.4, -0.2) is 15.6 Å². The Morgan fingerprint density at radius 3 is 3.04 bits per heavy atom. The van der Waals surface area contributed by atoms with Crippen LogP contribution in [0.5, 0.6) is 0 Å². The van der Waals surface area contributed by atoms with E-state index in [1.807, 2.05) is 0 Å². The van der Waals surface area contributed by atoms with E-state index in [-0.39, 0.29) is 11.3 Å². The van der Waals surface area contributed by atoms with Gasteiger partial charge in [0.2, 0.25) is 0 Å². The number of furan rings is 1. The van der Waals surface area contributed by atoms with Crippen LogP contribution in [0.15, 0.2) is 51.3 Å². The third-order valence-corrected chi connectivity index (χ3v) is 4.36. The molecule has 1 amide bonds. The molecule has 0 bridgehead atoms. The molecule has 4 rings (SSSR count). The summed E-state index contributed by atoms with van der Waals surface area (Å²) in [5.41, 5.74) is 2.66. The zero-order chi connectivity index (χ0) is 16.0. The first kappa shape index (κ1) is 14.0. The van der Waals surface area contributed by atoms with Gasteiger partial charge in [-0.2, -0.15) is 0 Å². The van der Waals surface area contributed by atoms with Crippen LogP contribution in [0, 0.1) is 0 Å². The maximum Gasteiger partial charge on any atom is 0.305 e. The number of amides is 1. The van der Waals surface area contributed by atoms with Crippen molar-refractivity contribution < 1.29 is 9.21 Å². The van der Waals surface area contributed by atoms with E-state index in [4.69, 9.17) is 16.0 Å². The maximum atomic E-state index is 12.3. The molecule has 0 aliphatic heterocycles. The molecule has 0 unspecified atom stereocenters. The average Bonchev–Trinajstić information content (AvgIpc) is 3.16. The fourth-order valence-electron chi connectivity index (χ4n) is 2.23. The highest BCUT2D eigenvalue weighted by Crippen LogP contribution is 2.23. The predicted molar refractivity (Wildman–Crippen MR) is 88.8 cm³/mol. The van der Waals surface area contributed by atoms with Crippen molar-refractivity contribution in [3.8, 4) is 0 Å². The van der Waals surface area contributed by atoms with Crippen LogP contribution >= 0.6 is 22.9 Å². The number of nitrogens with zero attached hydrogens (tertiary/aromatic N) is 2. The van der Waals surface area contributed by atoms with E-state index < -0.39 is 5.91 Å². The normalized spacial score (nSPS) is 11.2. The molecule has 0 atom stereocenters. The predicted octanol–water partition coefficient (Wildman–Crippen LogP) is 3.24. The first-order valence-corrected chi connectivity index (χ1v) is 7.83. The first-order valence-electron chi connectivity index (χ1n) is 6.57. The van der Waals surface area contributed by atoms with E-state index in [0.717, 1.165) is 4.68 Å². The molecule has 8 heteroatoms. The van der Waals surface area contributed by atoms with Crippen LogP contribution in [0.2, 0.25) is 5.02 Å². The Hall–Kier alpha value is -2.64. The molecule has 0 aliphatic rings. The highest BCUT2D eigenvalue weighted by molar-refractivity contribution is 7.16. The van der Waals surface area contributed by atoms with Crippen molar-refractivity contribution in [2.24, 2.45) is 0 Å². The summed E-state index contributed by atoms with van der Waals surface area (Å²) in [6.07, 6.45) is 1.28. The minimum absolute atomic E-state index is 0.0829. The van der Waals surface area contributed by atoms with Crippen molar-refractivity contribution in [3.63, 3.8) is 0 Å². The minimum atomic E-state index is -0.546. The molecule has 0 aliphatic carbocycles. The number of fused-ring (bicyclic) bond motifs is 2. The van der Waals surface area contributed by atoms with Crippen molar-refractivity contribution in [2.45, 2.75) is 0 Å². The molecular formula is C15H8ClN3O3S. The van der Waals surface area contributed by atoms with Gasteiger partial charge in [-0.05, 0) is 35.7 Å². The topological polar surface area (TPSA) is 77.1 Å². The van der Waals surface area contributed by atoms with Crippen LogP contribution in [0.1, 0.15) is 10.6 Å². The fraction of sp³-hybridized carbons (Fsp3) is 0. The third kappa shape index (κ3) is 2.39. The Morgan fingerprint density at radius 1 is 1.30 bits per heavy atom. The molecule has 0 fully saturated rings. The second-order valence-corrected chi connectivity index (χ2v) is 6.12. The number of rotatable bonds is 2. The molecule has 1 N–H and O–H groups in total. The molecular weight excluding hydrogens is 338 g/mol. The summed E-state index contributed by atoms with van der Waals surface area (Å²) in [4.78, 5) is 29.3. The number of benzene rings is 1. The van der Waals surface area contributed by atoms with Gasteiger partial charge in [-0.25, -0.2) is 9.66 Å². The average molecular weight is 346 g/mol. The molecule has 0 spiro atoms. The molecule has 3 heterocycles. The van der Waals surface area contributed by atoms with Gasteiger partial charge >= 0.3 is 5.91 Å². The first-order chi connectivity index (χ1) is 11.1. The van der Waals surface area contributed by atoms with Gasteiger partial charge in [0, 0.05) is 10.4 Å². The second-order valence-electron chi connectivity index (χ2n) is 4.79. The number of thiophene rings is 1. The lowest BCUT2D eigenvalue weighted by molar-refractivity contribution is 0.0982. The molecule has 0 saturated heterocycles. The van der Waals surface area contributed by atoms with Crippen molar-refractivity contribution in [1.29, 1.82) is 0 Å². The third-order valence-electron chi connectivity index (χ3n) is 3.31. The molecule has 1 aromatic carbocycles. The Balaban J connectivity index is 1.70. The second kappa shape index (κ2) is 5.22. The van der Waals surface area contributed by atoms with E-state index in [1.54, 1.807) is 35.7 Å². The zero-order valence-electron chi connectivity index (χ0n) is 11.4. The summed E-state index contributed by atoms with van der Waals surface area (Å²) in [5.74, 6) is -0.463. The van der Waals surface area contributed by atoms with Gasteiger partial charge in [-0.3, -0.25) is 15.0 Å². The summed E-state index contributed by atoms with van der Waals surface area (Å²) >= 11 is 7.27. The van der Waals surface area contributed by atoms with E-state index in [1.165, 1.54) is 17.7 Å². The Morgan fingerprint density at radius 2 is 2.17 bits per heavy atom. The number of carbonyl (C=O) groups is 1. The summed E-state index contributed by atoms with van der Waals surface area (Å²) in [7, 11) is 0. The Bertz CT molecular complexity index is 1110. The Kier molecular flexibility index (Phi) is 3.17. The van der Waals surface area contributed by atoms with E-state index in [0.29, 0.717) is 26.2 Å². The van der Waals surface area contributed by atoms with Gasteiger partial charge in [0.1, 0.15) is 16.7 Å². The van der Waals surface area contributed by atoms with E-state index >= 15 is 0 Å². The molecule has 114 valence electrons. The highest BCUT2D eigenvalue weighted by atomic mass is 35.5. The fourth-order valence-corrected chi connectivity index (χ4v) is 3.13. The van der Waals surface area contributed by atoms with Gasteiger partial charge in [-0.15, -0.1) is 11.3 Å². The van der Waals surface area contributed by atoms with Gasteiger partial charge < -0.3 is 4.42 Å². The summed E-state index contributed by atoms with van der Waals surface area (Å²) in [6.45, 7) is 0. The lowest BCUT2D eigenvalue weighted by Gasteiger charge is -2.05. The number of hydrogen-bond acceptors (Lipinski definition) is 5. The summed E-state index contributed by atoms with van der Waals surface area (Å²) in [6, 6.07) is 8.29. The molecule has 3 aromatic heterocycles. The number of aromatic nitrogens is 2. The number of carbonyl (C=O) groups excluding carboxylic acids is 1. The molecule has 0 saturated carbocycles. The van der Waals surface area contributed by atoms with E-state index in [2.05, 4.69) is 10.4 Å². The van der Waals surface area contributed by atoms with Crippen molar-refractivity contribution >= 4 is 50.0 Å². The smallest absolute Gasteiger partial charge is 0.305 e. The van der Waals surface area contributed by atoms with Crippen LogP contribution in [0.3, 0.4) is 0 Å². The monoisotopic (exact) mass is 345 g/mol. The van der Waals surface area contributed by atoms with Crippen LogP contribution in [0.25, 0.3) is 21.2 Å². The van der Waals surface area contributed by atoms with Gasteiger partial charge in [0.25, 0.3) is 5.56 Å². The molecule has 4 aromatic rings. The number of halogens is 1. The van der Waals surface area contributed by atoms with Crippen LogP contribution in [0.4, 0.5) is 0 Å². The van der Waals surface area contributed by atoms with Crippen molar-refractivity contribution in [2.75, 3.05) is 5.43 Å². The molecule has 23 heavy (non-hydrogen) atoms.